The van der Waals surface area contributed by atoms with Gasteiger partial charge in [0.1, 0.15) is 11.5 Å². The summed E-state index contributed by atoms with van der Waals surface area (Å²) in [5, 5.41) is 6.78. The molecular formula is C16H21N2O4P. The van der Waals surface area contributed by atoms with Gasteiger partial charge in [0.15, 0.2) is 0 Å². The van der Waals surface area contributed by atoms with Crippen LogP contribution in [0.2, 0.25) is 0 Å². The predicted molar refractivity (Wildman–Crippen MR) is 89.4 cm³/mol. The Balaban J connectivity index is 2.21. The molecule has 1 aromatic heterocycles. The van der Waals surface area contributed by atoms with Crippen LogP contribution in [0, 0.1) is 0 Å². The summed E-state index contributed by atoms with van der Waals surface area (Å²) in [6, 6.07) is 13.4. The molecule has 23 heavy (non-hydrogen) atoms. The van der Waals surface area contributed by atoms with Gasteiger partial charge >= 0.3 is 7.75 Å². The van der Waals surface area contributed by atoms with Crippen molar-refractivity contribution in [2.24, 2.45) is 5.10 Å². The summed E-state index contributed by atoms with van der Waals surface area (Å²) >= 11 is 0. The van der Waals surface area contributed by atoms with E-state index in [1.807, 2.05) is 30.3 Å². The van der Waals surface area contributed by atoms with Crippen LogP contribution in [0.1, 0.15) is 25.2 Å². The van der Waals surface area contributed by atoms with Crippen LogP contribution in [0.5, 0.6) is 0 Å². The van der Waals surface area contributed by atoms with Gasteiger partial charge < -0.3 is 4.42 Å². The number of furan rings is 1. The number of rotatable bonds is 9. The Morgan fingerprint density at radius 2 is 1.83 bits per heavy atom. The van der Waals surface area contributed by atoms with Crippen molar-refractivity contribution >= 4 is 13.5 Å². The van der Waals surface area contributed by atoms with Crippen molar-refractivity contribution in [2.45, 2.75) is 20.3 Å². The van der Waals surface area contributed by atoms with E-state index >= 15 is 0 Å². The molecule has 7 heteroatoms. The van der Waals surface area contributed by atoms with Crippen molar-refractivity contribution in [1.82, 2.24) is 5.20 Å². The molecule has 0 atom stereocenters. The third-order valence-corrected chi connectivity index (χ3v) is 4.47. The fraction of sp³-hybridized carbons (Fsp3) is 0.312. The van der Waals surface area contributed by atoms with Crippen LogP contribution in [0.3, 0.4) is 0 Å². The number of nitrogens with zero attached hydrogens (tertiary/aromatic N) is 1. The fourth-order valence-electron chi connectivity index (χ4n) is 1.97. The molecule has 0 spiro atoms. The van der Waals surface area contributed by atoms with Crippen LogP contribution in [0.25, 0.3) is 0 Å². The Kier molecular flexibility index (Phi) is 6.59. The average Bonchev–Trinajstić information content (AvgIpc) is 3.07. The van der Waals surface area contributed by atoms with Crippen molar-refractivity contribution < 1.29 is 18.0 Å². The highest BCUT2D eigenvalue weighted by atomic mass is 31.2. The van der Waals surface area contributed by atoms with Gasteiger partial charge in [0.25, 0.3) is 0 Å². The van der Waals surface area contributed by atoms with E-state index in [1.165, 1.54) is 0 Å². The summed E-state index contributed by atoms with van der Waals surface area (Å²) in [4.78, 5) is 0. The first-order valence-electron chi connectivity index (χ1n) is 7.47. The molecule has 2 rings (SSSR count). The van der Waals surface area contributed by atoms with Gasteiger partial charge in [0, 0.05) is 6.42 Å². The molecule has 124 valence electrons. The first-order valence-corrected chi connectivity index (χ1v) is 9.02. The summed E-state index contributed by atoms with van der Waals surface area (Å²) in [6.07, 6.45) is 2.10. The van der Waals surface area contributed by atoms with Crippen LogP contribution < -0.4 is 5.20 Å². The highest BCUT2D eigenvalue weighted by molar-refractivity contribution is 7.51. The normalized spacial score (nSPS) is 12.3. The van der Waals surface area contributed by atoms with Gasteiger partial charge in [-0.25, -0.2) is 9.76 Å². The van der Waals surface area contributed by atoms with Gasteiger partial charge in [-0.2, -0.15) is 5.10 Å². The standard InChI is InChI=1S/C16H21N2O4P/c1-3-21-23(19,22-4-2)18-17-15(16-11-8-12-20-16)13-14-9-6-5-7-10-14/h5-12H,3-4,13H2,1-2H3,(H,18,19)/b17-15-. The minimum atomic E-state index is -3.46. The molecule has 6 nitrogen and oxygen atoms in total. The third-order valence-electron chi connectivity index (χ3n) is 2.93. The first kappa shape index (κ1) is 17.5. The van der Waals surface area contributed by atoms with Crippen molar-refractivity contribution in [3.05, 3.63) is 60.1 Å². The Labute approximate surface area is 136 Å². The molecule has 0 fully saturated rings. The smallest absolute Gasteiger partial charge is 0.448 e. The minimum absolute atomic E-state index is 0.259. The Hall–Kier alpha value is -1.88. The third kappa shape index (κ3) is 5.36. The molecule has 0 radical (unpaired) electrons. The molecule has 0 aliphatic carbocycles. The minimum Gasteiger partial charge on any atom is -0.463 e. The monoisotopic (exact) mass is 336 g/mol. The maximum absolute atomic E-state index is 12.4. The lowest BCUT2D eigenvalue weighted by molar-refractivity contribution is 0.211. The summed E-state index contributed by atoms with van der Waals surface area (Å²) in [7, 11) is -3.46. The largest absolute Gasteiger partial charge is 0.463 e. The van der Waals surface area contributed by atoms with Gasteiger partial charge in [0.2, 0.25) is 0 Å². The van der Waals surface area contributed by atoms with Gasteiger partial charge in [-0.15, -0.1) is 0 Å². The highest BCUT2D eigenvalue weighted by Gasteiger charge is 2.23. The zero-order valence-electron chi connectivity index (χ0n) is 13.3. The molecule has 0 saturated heterocycles. The second-order valence-electron chi connectivity index (χ2n) is 4.63. The van der Waals surface area contributed by atoms with E-state index in [4.69, 9.17) is 13.5 Å². The van der Waals surface area contributed by atoms with Crippen LogP contribution >= 0.6 is 7.75 Å². The second-order valence-corrected chi connectivity index (χ2v) is 6.34. The predicted octanol–water partition coefficient (Wildman–Crippen LogP) is 4.00. The maximum Gasteiger partial charge on any atom is 0.448 e. The first-order chi connectivity index (χ1) is 11.2. The molecule has 1 heterocycles. The molecule has 0 amide bonds. The van der Waals surface area contributed by atoms with Gasteiger partial charge in [-0.3, -0.25) is 9.05 Å². The summed E-state index contributed by atoms with van der Waals surface area (Å²) in [6.45, 7) is 4.01. The molecule has 1 N–H and O–H groups in total. The molecule has 0 aliphatic rings. The summed E-state index contributed by atoms with van der Waals surface area (Å²) < 4.78 is 28.2. The van der Waals surface area contributed by atoms with Gasteiger partial charge in [-0.05, 0) is 31.5 Å². The lowest BCUT2D eigenvalue weighted by Gasteiger charge is -2.16. The Bertz CT molecular complexity index is 646. The molecule has 0 saturated carbocycles. The fourth-order valence-corrected chi connectivity index (χ4v) is 3.08. The zero-order chi connectivity index (χ0) is 16.5. The van der Waals surface area contributed by atoms with Crippen molar-refractivity contribution in [3.8, 4) is 0 Å². The van der Waals surface area contributed by atoms with E-state index in [0.29, 0.717) is 17.9 Å². The summed E-state index contributed by atoms with van der Waals surface area (Å²) in [5.74, 6) is 0.598. The Morgan fingerprint density at radius 3 is 2.39 bits per heavy atom. The molecular weight excluding hydrogens is 315 g/mol. The molecule has 0 aliphatic heterocycles. The van der Waals surface area contributed by atoms with Crippen LogP contribution in [-0.4, -0.2) is 18.9 Å². The van der Waals surface area contributed by atoms with Crippen LogP contribution in [-0.2, 0) is 20.0 Å². The number of hydrogen-bond acceptors (Lipinski definition) is 5. The quantitative estimate of drug-likeness (QED) is 0.426. The second kappa shape index (κ2) is 8.67. The van der Waals surface area contributed by atoms with Gasteiger partial charge in [-0.1, -0.05) is 30.3 Å². The Morgan fingerprint density at radius 1 is 1.13 bits per heavy atom. The van der Waals surface area contributed by atoms with E-state index in [0.717, 1.165) is 5.56 Å². The van der Waals surface area contributed by atoms with E-state index in [2.05, 4.69) is 10.3 Å². The number of hydrogen-bond donors (Lipinski definition) is 1. The van der Waals surface area contributed by atoms with Gasteiger partial charge in [0.05, 0.1) is 19.5 Å². The van der Waals surface area contributed by atoms with Crippen molar-refractivity contribution in [2.75, 3.05) is 13.2 Å². The molecule has 0 unspecified atom stereocenters. The number of benzene rings is 1. The van der Waals surface area contributed by atoms with Crippen LogP contribution in [0.4, 0.5) is 0 Å². The lowest BCUT2D eigenvalue weighted by Crippen LogP contribution is -2.14. The van der Waals surface area contributed by atoms with E-state index in [9.17, 15) is 4.57 Å². The van der Waals surface area contributed by atoms with E-state index in [-0.39, 0.29) is 13.2 Å². The molecule has 0 bridgehead atoms. The van der Waals surface area contributed by atoms with Crippen LogP contribution in [0.15, 0.2) is 58.2 Å². The SMILES string of the molecule is CCOP(=O)(N/N=C(/Cc1ccccc1)c1ccco1)OCC. The lowest BCUT2D eigenvalue weighted by atomic mass is 10.1. The maximum atomic E-state index is 12.4. The zero-order valence-corrected chi connectivity index (χ0v) is 14.2. The highest BCUT2D eigenvalue weighted by Crippen LogP contribution is 2.43. The van der Waals surface area contributed by atoms with Crippen molar-refractivity contribution in [1.29, 1.82) is 0 Å². The van der Waals surface area contributed by atoms with Crippen molar-refractivity contribution in [3.63, 3.8) is 0 Å². The molecule has 1 aromatic carbocycles. The molecule has 2 aromatic rings. The average molecular weight is 336 g/mol. The number of nitrogens with one attached hydrogen (secondary N) is 1. The topological polar surface area (TPSA) is 73.1 Å². The van der Waals surface area contributed by atoms with E-state index < -0.39 is 7.75 Å². The number of hydrazone groups is 1. The van der Waals surface area contributed by atoms with E-state index in [1.54, 1.807) is 32.2 Å². The summed E-state index contributed by atoms with van der Waals surface area (Å²) in [5.41, 5.74) is 1.67.